The predicted molar refractivity (Wildman–Crippen MR) is 520 cm³/mol. The van der Waals surface area contributed by atoms with Gasteiger partial charge in [0.1, 0.15) is 17.6 Å². The third kappa shape index (κ3) is 22.2. The molecule has 6 atom stereocenters. The zero-order valence-electron chi connectivity index (χ0n) is 71.5. The van der Waals surface area contributed by atoms with E-state index in [1.807, 2.05) is 91.9 Å². The van der Waals surface area contributed by atoms with Crippen molar-refractivity contribution in [3.63, 3.8) is 0 Å². The van der Waals surface area contributed by atoms with Crippen LogP contribution in [0.2, 0.25) is 25.1 Å². The second-order valence-electron chi connectivity index (χ2n) is 33.0. The molecule has 0 spiro atoms. The van der Waals surface area contributed by atoms with Gasteiger partial charge < -0.3 is 68.6 Å². The molecule has 32 heteroatoms. The number of ether oxygens (including phenoxy) is 5. The zero-order valence-corrected chi connectivity index (χ0v) is 79.4. The highest BCUT2D eigenvalue weighted by Crippen LogP contribution is 2.50. The number of anilines is 5. The first kappa shape index (κ1) is 95.0. The van der Waals surface area contributed by atoms with Crippen molar-refractivity contribution in [3.8, 4) is 0 Å². The highest BCUT2D eigenvalue weighted by molar-refractivity contribution is 7.19. The van der Waals surface area contributed by atoms with Gasteiger partial charge >= 0.3 is 0 Å². The second kappa shape index (κ2) is 43.4. The maximum absolute atomic E-state index is 13.0. The predicted octanol–water partition coefficient (Wildman–Crippen LogP) is 18.7. The lowest BCUT2D eigenvalue weighted by molar-refractivity contribution is -0.123. The number of Topliss-reactive ketones (excluding diaryl/α,β-unsaturated/α-hetero) is 4. The van der Waals surface area contributed by atoms with Gasteiger partial charge in [-0.25, -0.2) is 0 Å². The number of hydrogen-bond donors (Lipinski definition) is 2. The number of benzene rings is 5. The molecular formula is C97H104Cl5N9O13S5. The Balaban J connectivity index is 0.000000124. The van der Waals surface area contributed by atoms with Gasteiger partial charge in [0.05, 0.1) is 129 Å². The van der Waals surface area contributed by atoms with E-state index in [0.717, 1.165) is 188 Å². The Morgan fingerprint density at radius 1 is 0.388 bits per heavy atom. The van der Waals surface area contributed by atoms with Crippen LogP contribution in [0.15, 0.2) is 146 Å². The van der Waals surface area contributed by atoms with E-state index in [1.54, 1.807) is 39.5 Å². The van der Waals surface area contributed by atoms with E-state index in [2.05, 4.69) is 95.8 Å². The molecule has 22 nitrogen and oxygen atoms in total. The molecule has 0 bridgehead atoms. The molecule has 4 amide bonds. The molecule has 5 aromatic heterocycles. The minimum Gasteiger partial charge on any atom is -0.378 e. The van der Waals surface area contributed by atoms with Crippen LogP contribution in [-0.2, 0) is 38.1 Å². The van der Waals surface area contributed by atoms with Crippen molar-refractivity contribution < 1.29 is 62.0 Å². The van der Waals surface area contributed by atoms with E-state index < -0.39 is 6.04 Å². The number of fused-ring (bicyclic) bond motifs is 5. The molecule has 20 rings (SSSR count). The molecule has 5 fully saturated rings. The quantitative estimate of drug-likeness (QED) is 0.0972. The number of carbonyl (C=O) groups excluding carboxylic acids is 8. The van der Waals surface area contributed by atoms with Crippen LogP contribution in [0.5, 0.6) is 0 Å². The summed E-state index contributed by atoms with van der Waals surface area (Å²) < 4.78 is 27.2. The van der Waals surface area contributed by atoms with Gasteiger partial charge in [-0.1, -0.05) is 126 Å². The Morgan fingerprint density at radius 3 is 1.02 bits per heavy atom. The zero-order chi connectivity index (χ0) is 89.4. The van der Waals surface area contributed by atoms with Gasteiger partial charge in [-0.2, -0.15) is 0 Å². The number of nitrogens with zero attached hydrogens (tertiary/aromatic N) is 7. The highest BCUT2D eigenvalue weighted by atomic mass is 35.5. The van der Waals surface area contributed by atoms with Gasteiger partial charge in [0.2, 0.25) is 5.91 Å². The van der Waals surface area contributed by atoms with Crippen LogP contribution in [0.25, 0.3) is 0 Å². The molecule has 0 radical (unpaired) electrons. The number of rotatable bonds is 15. The number of aryl methyl sites for hydroxylation is 1. The van der Waals surface area contributed by atoms with Crippen LogP contribution in [0, 0.1) is 6.92 Å². The summed E-state index contributed by atoms with van der Waals surface area (Å²) in [5, 5.41) is 14.7. The molecule has 2 aliphatic carbocycles. The molecule has 10 aromatic rings. The van der Waals surface area contributed by atoms with Gasteiger partial charge in [-0.15, -0.1) is 56.7 Å². The average molecular weight is 1940 g/mol. The molecular weight excluding hydrogens is 1840 g/mol. The number of thiophene rings is 5. The number of halogens is 5. The number of nitrogens with one attached hydrogen (secondary N) is 2. The van der Waals surface area contributed by atoms with Crippen molar-refractivity contribution in [2.24, 2.45) is 0 Å². The molecule has 129 heavy (non-hydrogen) atoms. The van der Waals surface area contributed by atoms with Gasteiger partial charge in [0.25, 0.3) is 17.7 Å². The minimum atomic E-state index is -0.664. The van der Waals surface area contributed by atoms with Crippen LogP contribution < -0.4 is 35.1 Å². The molecule has 5 saturated heterocycles. The number of hydrogen-bond acceptors (Lipinski definition) is 23. The summed E-state index contributed by atoms with van der Waals surface area (Å²) >= 11 is 38.3. The Bertz CT molecular complexity index is 5530. The lowest BCUT2D eigenvalue weighted by atomic mass is 9.82. The van der Waals surface area contributed by atoms with E-state index in [0.29, 0.717) is 91.4 Å². The summed E-state index contributed by atoms with van der Waals surface area (Å²) in [6, 6.07) is 47.4. The summed E-state index contributed by atoms with van der Waals surface area (Å²) in [4.78, 5) is 118. The first-order valence-electron chi connectivity index (χ1n) is 43.3. The third-order valence-corrected chi connectivity index (χ3v) is 32.1. The summed E-state index contributed by atoms with van der Waals surface area (Å²) in [5.41, 5.74) is 12.1. The number of likely N-dealkylation sites (N-methyl/N-ethyl adjacent to an activating group) is 1. The minimum absolute atomic E-state index is 0. The van der Waals surface area contributed by atoms with Gasteiger partial charge in [0.15, 0.2) is 11.6 Å². The highest BCUT2D eigenvalue weighted by Gasteiger charge is 2.43. The Morgan fingerprint density at radius 2 is 0.682 bits per heavy atom. The number of ketones is 4. The smallest absolute Gasteiger partial charge is 0.264 e. The largest absolute Gasteiger partial charge is 0.378 e. The fourth-order valence-corrected chi connectivity index (χ4v) is 24.7. The monoisotopic (exact) mass is 1940 g/mol. The molecule has 13 heterocycles. The molecule has 5 aromatic carbocycles. The standard InChI is InChI=1S/2C20H21ClN2O3S.C19H20ClN3O3S.C19H20ClNO2S.C18H18ClNO2S.CH4/c2*1-13(24)11-23-12-17(14-2-4-15(21)5-3-14)16-10-18(27-19(16)20(23)25)22-6-8-26-9-7-22;1-21-18(24)16-15(11-2-4-12(20)5-3-11)13-10-14(23-6-8-26-9-7-23)27-17(13)19(25)22-16;1-12-2-3-13(10-16(12)20)14-4-5-17(22)19-15(14)11-18(24-19)21-6-8-23-9-7-21;19-13-3-1-12(2-4-13)14-5-6-16(21)18-15(14)11-17(23-18)20-7-9-22-10-8-20;/h2*2-5,10,17H,6-9,11-12H2,1H3;2-5,10,15-16H,6-9H2,1H3,(H,21,24)(H,22,25);2-3,10-11,14H,4-9H2,1H3;1-4,11,14H,5-10H2;1H4/t;;15-,16-;;;/m..1.../s1. The fraction of sp³-hybridized carbons (Fsp3) is 0.402. The van der Waals surface area contributed by atoms with Crippen molar-refractivity contribution in [1.29, 1.82) is 0 Å². The van der Waals surface area contributed by atoms with Crippen LogP contribution in [-0.4, -0.2) is 227 Å². The van der Waals surface area contributed by atoms with Crippen LogP contribution in [0.1, 0.15) is 186 Å². The Kier molecular flexibility index (Phi) is 32.0. The fourth-order valence-electron chi connectivity index (χ4n) is 17.9. The Labute approximate surface area is 797 Å². The van der Waals surface area contributed by atoms with Gasteiger partial charge in [-0.3, -0.25) is 38.4 Å². The van der Waals surface area contributed by atoms with Crippen molar-refractivity contribution in [2.75, 3.05) is 189 Å². The Hall–Kier alpha value is -8.59. The van der Waals surface area contributed by atoms with Crippen LogP contribution in [0.3, 0.4) is 0 Å². The van der Waals surface area contributed by atoms with Gasteiger partial charge in [-0.05, 0) is 180 Å². The molecule has 0 saturated carbocycles. The molecule has 10 aliphatic rings. The lowest BCUT2D eigenvalue weighted by Crippen LogP contribution is -2.52. The summed E-state index contributed by atoms with van der Waals surface area (Å²) in [7, 11) is 1.58. The molecule has 2 N–H and O–H groups in total. The third-order valence-electron chi connectivity index (χ3n) is 24.6. The van der Waals surface area contributed by atoms with Gasteiger partial charge in [0, 0.05) is 153 Å². The van der Waals surface area contributed by atoms with E-state index in [1.165, 1.54) is 80.1 Å². The van der Waals surface area contributed by atoms with E-state index in [9.17, 15) is 38.4 Å². The van der Waals surface area contributed by atoms with Crippen molar-refractivity contribution in [1.82, 2.24) is 20.4 Å². The molecule has 4 unspecified atom stereocenters. The van der Waals surface area contributed by atoms with Crippen LogP contribution >= 0.6 is 115 Å². The molecule has 680 valence electrons. The SMILES string of the molecule is C.CC(=O)CN1CC(c2ccc(Cl)cc2)c2cc(N3CCOCC3)sc2C1=O.CC(=O)CN1CC(c2ccc(Cl)cc2)c2cc(N3CCOCC3)sc2C1=O.CNC(=O)[C@@H]1NC(=O)c2sc(N3CCOCC3)cc2[C@H]1c1ccc(Cl)cc1.Cc1ccc(C2CCC(=O)c3sc(N4CCOCC4)cc32)cc1Cl.O=C1CCC(c2ccc(Cl)cc2)c2cc(N3CCOCC3)sc21. The number of amides is 4. The van der Waals surface area contributed by atoms with E-state index in [4.69, 9.17) is 81.7 Å². The normalized spacial score (nSPS) is 20.7. The maximum Gasteiger partial charge on any atom is 0.264 e. The van der Waals surface area contributed by atoms with E-state index in [-0.39, 0.29) is 90.9 Å². The topological polar surface area (TPSA) is 229 Å². The number of morpholine rings is 5. The summed E-state index contributed by atoms with van der Waals surface area (Å²) in [5.74, 6) is 0.428. The van der Waals surface area contributed by atoms with E-state index >= 15 is 0 Å². The van der Waals surface area contributed by atoms with Crippen LogP contribution in [0.4, 0.5) is 25.0 Å². The first-order chi connectivity index (χ1) is 62.0. The summed E-state index contributed by atoms with van der Waals surface area (Å²) in [6.45, 7) is 22.1. The van der Waals surface area contributed by atoms with Crippen molar-refractivity contribution in [2.45, 2.75) is 89.5 Å². The summed E-state index contributed by atoms with van der Waals surface area (Å²) in [6.07, 6.45) is 2.99. The maximum atomic E-state index is 13.0. The lowest BCUT2D eigenvalue weighted by Gasteiger charge is -2.32. The second-order valence-corrected chi connectivity index (χ2v) is 40.3. The average Bonchev–Trinajstić information content (AvgIpc) is 1.44. The first-order valence-corrected chi connectivity index (χ1v) is 49.2. The molecule has 8 aliphatic heterocycles. The van der Waals surface area contributed by atoms with Crippen molar-refractivity contribution >= 4 is 186 Å². The number of carbonyl (C=O) groups is 8. The van der Waals surface area contributed by atoms with Crippen molar-refractivity contribution in [3.05, 3.63) is 256 Å².